The first-order chi connectivity index (χ1) is 10.1. The molecule has 0 atom stereocenters. The molecule has 21 heavy (non-hydrogen) atoms. The highest BCUT2D eigenvalue weighted by atomic mass is 19.1. The molecule has 0 aliphatic carbocycles. The van der Waals surface area contributed by atoms with Gasteiger partial charge in [-0.1, -0.05) is 24.3 Å². The van der Waals surface area contributed by atoms with Crippen molar-refractivity contribution >= 4 is 17.0 Å². The minimum absolute atomic E-state index is 0.0246. The Labute approximate surface area is 119 Å². The lowest BCUT2D eigenvalue weighted by Crippen LogP contribution is -2.16. The molecule has 0 spiro atoms. The molecule has 106 valence electrons. The van der Waals surface area contributed by atoms with Crippen molar-refractivity contribution in [1.29, 1.82) is 0 Å². The fraction of sp³-hybridized carbons (Fsp3) is 0. The van der Waals surface area contributed by atoms with E-state index in [1.54, 1.807) is 36.4 Å². The Morgan fingerprint density at radius 1 is 1.10 bits per heavy atom. The van der Waals surface area contributed by atoms with E-state index in [0.717, 1.165) is 0 Å². The number of benzene rings is 2. The van der Waals surface area contributed by atoms with Crippen molar-refractivity contribution in [2.45, 2.75) is 0 Å². The van der Waals surface area contributed by atoms with E-state index in [1.165, 1.54) is 12.1 Å². The van der Waals surface area contributed by atoms with Gasteiger partial charge in [0.15, 0.2) is 17.3 Å². The summed E-state index contributed by atoms with van der Waals surface area (Å²) in [5.41, 5.74) is 5.71. The Morgan fingerprint density at radius 3 is 2.57 bits per heavy atom. The van der Waals surface area contributed by atoms with E-state index in [4.69, 9.17) is 15.2 Å². The lowest BCUT2D eigenvalue weighted by Gasteiger charge is -2.07. The zero-order valence-electron chi connectivity index (χ0n) is 10.8. The Hall–Kier alpha value is -3.02. The van der Waals surface area contributed by atoms with Gasteiger partial charge >= 0.3 is 6.09 Å². The number of aromatic amines is 1. The van der Waals surface area contributed by atoms with Gasteiger partial charge in [-0.3, -0.25) is 0 Å². The van der Waals surface area contributed by atoms with E-state index in [0.29, 0.717) is 10.9 Å². The molecule has 0 unspecified atom stereocenters. The second kappa shape index (κ2) is 5.16. The van der Waals surface area contributed by atoms with Gasteiger partial charge in [0.25, 0.3) is 0 Å². The van der Waals surface area contributed by atoms with Crippen LogP contribution in [0.5, 0.6) is 17.4 Å². The van der Waals surface area contributed by atoms with Gasteiger partial charge in [-0.2, -0.15) is 0 Å². The van der Waals surface area contributed by atoms with E-state index in [9.17, 15) is 9.18 Å². The molecule has 0 aliphatic heterocycles. The topological polar surface area (TPSA) is 77.3 Å². The van der Waals surface area contributed by atoms with E-state index in [2.05, 4.69) is 4.98 Å². The van der Waals surface area contributed by atoms with E-state index in [-0.39, 0.29) is 17.4 Å². The molecule has 0 fully saturated rings. The monoisotopic (exact) mass is 286 g/mol. The van der Waals surface area contributed by atoms with Crippen LogP contribution in [0.3, 0.4) is 0 Å². The lowest BCUT2D eigenvalue weighted by atomic mass is 10.2. The number of hydrogen-bond donors (Lipinski definition) is 2. The molecular formula is C15H11FN2O3. The summed E-state index contributed by atoms with van der Waals surface area (Å²) in [5.74, 6) is -0.258. The highest BCUT2D eigenvalue weighted by molar-refractivity contribution is 5.90. The number of nitrogens with two attached hydrogens (primary N) is 1. The lowest BCUT2D eigenvalue weighted by molar-refractivity contribution is 0.207. The third kappa shape index (κ3) is 2.51. The summed E-state index contributed by atoms with van der Waals surface area (Å²) in [6.07, 6.45) is -0.986. The maximum atomic E-state index is 13.7. The van der Waals surface area contributed by atoms with Crippen LogP contribution < -0.4 is 15.2 Å². The van der Waals surface area contributed by atoms with Crippen molar-refractivity contribution in [2.75, 3.05) is 0 Å². The molecule has 0 aliphatic rings. The smallest absolute Gasteiger partial charge is 0.411 e. The average molecular weight is 286 g/mol. The number of carbonyl (C=O) groups is 1. The minimum Gasteiger partial charge on any atom is -0.448 e. The summed E-state index contributed by atoms with van der Waals surface area (Å²) in [4.78, 5) is 13.8. The predicted octanol–water partition coefficient (Wildman–Crippen LogP) is 3.56. The number of carbonyl (C=O) groups excluding carboxylic acids is 1. The zero-order valence-corrected chi connectivity index (χ0v) is 10.8. The average Bonchev–Trinajstić information content (AvgIpc) is 2.78. The fourth-order valence-corrected chi connectivity index (χ4v) is 2.00. The number of primary amides is 1. The molecule has 2 aromatic carbocycles. The van der Waals surface area contributed by atoms with Crippen LogP contribution in [0.1, 0.15) is 0 Å². The van der Waals surface area contributed by atoms with Crippen LogP contribution in [0.2, 0.25) is 0 Å². The van der Waals surface area contributed by atoms with Crippen LogP contribution >= 0.6 is 0 Å². The second-order valence-electron chi connectivity index (χ2n) is 4.28. The SMILES string of the molecule is NC(=O)Oc1[nH]c2ccccc2c1Oc1ccccc1F. The first-order valence-electron chi connectivity index (χ1n) is 6.15. The number of ether oxygens (including phenoxy) is 2. The van der Waals surface area contributed by atoms with Crippen molar-refractivity contribution in [3.05, 3.63) is 54.3 Å². The number of rotatable bonds is 3. The maximum absolute atomic E-state index is 13.7. The van der Waals surface area contributed by atoms with Gasteiger partial charge in [0.05, 0.1) is 5.52 Å². The number of amides is 1. The molecule has 3 aromatic rings. The van der Waals surface area contributed by atoms with Crippen molar-refractivity contribution in [2.24, 2.45) is 5.73 Å². The molecular weight excluding hydrogens is 275 g/mol. The Bertz CT molecular complexity index is 814. The van der Waals surface area contributed by atoms with Crippen LogP contribution in [0, 0.1) is 5.82 Å². The third-order valence-corrected chi connectivity index (χ3v) is 2.88. The maximum Gasteiger partial charge on any atom is 0.411 e. The molecule has 1 aromatic heterocycles. The van der Waals surface area contributed by atoms with Crippen LogP contribution in [-0.4, -0.2) is 11.1 Å². The Balaban J connectivity index is 2.11. The standard InChI is InChI=1S/C15H11FN2O3/c16-10-6-2-4-8-12(10)20-13-9-5-1-3-7-11(9)18-14(13)21-15(17)19/h1-8,18H,(H2,17,19). The number of hydrogen-bond acceptors (Lipinski definition) is 3. The van der Waals surface area contributed by atoms with E-state index >= 15 is 0 Å². The van der Waals surface area contributed by atoms with Crippen LogP contribution in [0.4, 0.5) is 9.18 Å². The zero-order chi connectivity index (χ0) is 14.8. The molecule has 3 N–H and O–H groups in total. The van der Waals surface area contributed by atoms with Crippen LogP contribution in [0.15, 0.2) is 48.5 Å². The first-order valence-corrected chi connectivity index (χ1v) is 6.15. The molecule has 0 saturated heterocycles. The van der Waals surface area contributed by atoms with E-state index < -0.39 is 11.9 Å². The fourth-order valence-electron chi connectivity index (χ4n) is 2.00. The van der Waals surface area contributed by atoms with Crippen molar-refractivity contribution in [3.8, 4) is 17.4 Å². The van der Waals surface area contributed by atoms with Crippen molar-refractivity contribution < 1.29 is 18.7 Å². The van der Waals surface area contributed by atoms with Gasteiger partial charge in [0, 0.05) is 5.39 Å². The molecule has 3 rings (SSSR count). The second-order valence-corrected chi connectivity index (χ2v) is 4.28. The molecule has 0 bridgehead atoms. The van der Waals surface area contributed by atoms with Crippen molar-refractivity contribution in [1.82, 2.24) is 4.98 Å². The summed E-state index contributed by atoms with van der Waals surface area (Å²) in [5, 5.41) is 0.650. The number of nitrogens with one attached hydrogen (secondary N) is 1. The Morgan fingerprint density at radius 2 is 1.81 bits per heavy atom. The minimum atomic E-state index is -0.986. The van der Waals surface area contributed by atoms with Gasteiger partial charge in [0.1, 0.15) is 0 Å². The first kappa shape index (κ1) is 13.0. The van der Waals surface area contributed by atoms with Crippen molar-refractivity contribution in [3.63, 3.8) is 0 Å². The number of H-pyrrole nitrogens is 1. The molecule has 6 heteroatoms. The molecule has 0 saturated carbocycles. The quantitative estimate of drug-likeness (QED) is 0.772. The Kier molecular flexibility index (Phi) is 3.19. The van der Waals surface area contributed by atoms with Crippen LogP contribution in [0.25, 0.3) is 10.9 Å². The number of aromatic nitrogens is 1. The highest BCUT2D eigenvalue weighted by Gasteiger charge is 2.18. The highest BCUT2D eigenvalue weighted by Crippen LogP contribution is 2.39. The number of para-hydroxylation sites is 2. The summed E-state index contributed by atoms with van der Waals surface area (Å²) in [6, 6.07) is 13.1. The summed E-state index contributed by atoms with van der Waals surface area (Å²) >= 11 is 0. The van der Waals surface area contributed by atoms with Gasteiger partial charge in [-0.15, -0.1) is 0 Å². The number of halogens is 1. The predicted molar refractivity (Wildman–Crippen MR) is 75.0 cm³/mol. The molecule has 5 nitrogen and oxygen atoms in total. The van der Waals surface area contributed by atoms with Crippen LogP contribution in [-0.2, 0) is 0 Å². The van der Waals surface area contributed by atoms with Gasteiger partial charge < -0.3 is 20.2 Å². The van der Waals surface area contributed by atoms with Gasteiger partial charge in [-0.05, 0) is 24.3 Å². The molecule has 1 heterocycles. The van der Waals surface area contributed by atoms with Gasteiger partial charge in [-0.25, -0.2) is 9.18 Å². The summed E-state index contributed by atoms with van der Waals surface area (Å²) in [6.45, 7) is 0. The largest absolute Gasteiger partial charge is 0.448 e. The summed E-state index contributed by atoms with van der Waals surface area (Å²) < 4.78 is 24.1. The normalized spacial score (nSPS) is 10.5. The summed E-state index contributed by atoms with van der Waals surface area (Å²) in [7, 11) is 0. The molecule has 0 radical (unpaired) electrons. The van der Waals surface area contributed by atoms with E-state index in [1.807, 2.05) is 0 Å². The number of fused-ring (bicyclic) bond motifs is 1. The van der Waals surface area contributed by atoms with Gasteiger partial charge in [0.2, 0.25) is 5.88 Å². The molecule has 1 amide bonds. The third-order valence-electron chi connectivity index (χ3n) is 2.88.